The van der Waals surface area contributed by atoms with Crippen LogP contribution in [0, 0.1) is 5.82 Å². The number of piperazine rings is 1. The maximum Gasteiger partial charge on any atom is 0.259 e. The van der Waals surface area contributed by atoms with Gasteiger partial charge >= 0.3 is 0 Å². The zero-order valence-corrected chi connectivity index (χ0v) is 16.2. The molecule has 1 fully saturated rings. The van der Waals surface area contributed by atoms with Gasteiger partial charge in [-0.3, -0.25) is 4.90 Å². The van der Waals surface area contributed by atoms with Gasteiger partial charge in [0.2, 0.25) is 0 Å². The van der Waals surface area contributed by atoms with Gasteiger partial charge in [0.15, 0.2) is 5.82 Å². The Kier molecular flexibility index (Phi) is 5.34. The molecule has 3 aromatic rings. The van der Waals surface area contributed by atoms with Crippen LogP contribution in [-0.2, 0) is 6.42 Å². The summed E-state index contributed by atoms with van der Waals surface area (Å²) in [6, 6.07) is 10.9. The molecule has 28 heavy (non-hydrogen) atoms. The topological polar surface area (TPSA) is 58.3 Å². The summed E-state index contributed by atoms with van der Waals surface area (Å²) in [6.07, 6.45) is 2.27. The van der Waals surface area contributed by atoms with Crippen molar-refractivity contribution in [2.24, 2.45) is 0 Å². The predicted molar refractivity (Wildman–Crippen MR) is 106 cm³/mol. The van der Waals surface area contributed by atoms with E-state index in [4.69, 9.17) is 4.52 Å². The van der Waals surface area contributed by atoms with E-state index in [-0.39, 0.29) is 5.82 Å². The van der Waals surface area contributed by atoms with Crippen LogP contribution in [-0.4, -0.2) is 52.2 Å². The number of rotatable bonds is 5. The van der Waals surface area contributed by atoms with Gasteiger partial charge < -0.3 is 9.42 Å². The highest BCUT2D eigenvalue weighted by atomic mass is 19.1. The normalized spacial score (nSPS) is 15.4. The largest absolute Gasteiger partial charge is 0.354 e. The Morgan fingerprint density at radius 2 is 1.79 bits per heavy atom. The Balaban J connectivity index is 1.40. The number of benzene rings is 1. The fourth-order valence-corrected chi connectivity index (χ4v) is 3.39. The van der Waals surface area contributed by atoms with Gasteiger partial charge in [0.1, 0.15) is 11.6 Å². The molecule has 1 aromatic carbocycles. The van der Waals surface area contributed by atoms with Crippen molar-refractivity contribution in [2.75, 3.05) is 31.1 Å². The quantitative estimate of drug-likeness (QED) is 0.675. The van der Waals surface area contributed by atoms with Crippen molar-refractivity contribution in [1.82, 2.24) is 20.0 Å². The smallest absolute Gasteiger partial charge is 0.259 e. The molecule has 0 saturated carbocycles. The predicted octanol–water partition coefficient (Wildman–Crippen LogP) is 3.39. The Hall–Kier alpha value is -2.80. The minimum absolute atomic E-state index is 0.255. The number of hydrogen-bond acceptors (Lipinski definition) is 6. The Bertz CT molecular complexity index is 899. The zero-order valence-electron chi connectivity index (χ0n) is 16.2. The van der Waals surface area contributed by atoms with E-state index >= 15 is 0 Å². The lowest BCUT2D eigenvalue weighted by atomic mass is 10.1. The fraction of sp³-hybridized carbons (Fsp3) is 0.381. The van der Waals surface area contributed by atoms with Crippen LogP contribution in [0.5, 0.6) is 0 Å². The first-order valence-corrected chi connectivity index (χ1v) is 9.61. The second-order valence-corrected chi connectivity index (χ2v) is 7.34. The average Bonchev–Trinajstić information content (AvgIpc) is 3.18. The lowest BCUT2D eigenvalue weighted by Crippen LogP contribution is -2.49. The van der Waals surface area contributed by atoms with Gasteiger partial charge in [-0.25, -0.2) is 9.37 Å². The van der Waals surface area contributed by atoms with Crippen LogP contribution < -0.4 is 4.90 Å². The van der Waals surface area contributed by atoms with Crippen LogP contribution >= 0.6 is 0 Å². The molecular weight excluding hydrogens is 357 g/mol. The van der Waals surface area contributed by atoms with Crippen LogP contribution in [0.3, 0.4) is 0 Å². The summed E-state index contributed by atoms with van der Waals surface area (Å²) in [5.41, 5.74) is 1.73. The van der Waals surface area contributed by atoms with Crippen molar-refractivity contribution >= 4 is 5.82 Å². The van der Waals surface area contributed by atoms with Crippen molar-refractivity contribution in [3.05, 3.63) is 59.8 Å². The molecule has 146 valence electrons. The zero-order chi connectivity index (χ0) is 19.5. The van der Waals surface area contributed by atoms with Crippen molar-refractivity contribution in [3.8, 4) is 11.5 Å². The number of aromatic nitrogens is 3. The molecule has 1 aliphatic rings. The summed E-state index contributed by atoms with van der Waals surface area (Å²) >= 11 is 0. The molecule has 0 bridgehead atoms. The molecule has 0 spiro atoms. The third-order valence-electron chi connectivity index (χ3n) is 5.11. The van der Waals surface area contributed by atoms with Crippen LogP contribution in [0.2, 0.25) is 0 Å². The highest BCUT2D eigenvalue weighted by molar-refractivity contribution is 5.54. The van der Waals surface area contributed by atoms with Crippen LogP contribution in [0.25, 0.3) is 11.5 Å². The Labute approximate surface area is 164 Å². The molecule has 0 amide bonds. The summed E-state index contributed by atoms with van der Waals surface area (Å²) in [5.74, 6) is 1.73. The van der Waals surface area contributed by atoms with E-state index in [1.165, 1.54) is 12.1 Å². The number of pyridine rings is 1. The van der Waals surface area contributed by atoms with Gasteiger partial charge in [-0.2, -0.15) is 4.98 Å². The van der Waals surface area contributed by atoms with E-state index in [1.807, 2.05) is 12.1 Å². The van der Waals surface area contributed by atoms with Crippen molar-refractivity contribution in [2.45, 2.75) is 26.3 Å². The van der Waals surface area contributed by atoms with E-state index in [1.54, 1.807) is 18.3 Å². The molecule has 0 N–H and O–H groups in total. The van der Waals surface area contributed by atoms with E-state index < -0.39 is 0 Å². The molecule has 6 nitrogen and oxygen atoms in total. The molecule has 7 heteroatoms. The second-order valence-electron chi connectivity index (χ2n) is 7.34. The number of hydrogen-bond donors (Lipinski definition) is 0. The van der Waals surface area contributed by atoms with Gasteiger partial charge in [-0.15, -0.1) is 0 Å². The number of halogens is 1. The SMILES string of the molecule is CC(C)N1CCN(c2ccc(-c3nc(Cc4ccc(F)cc4)no3)cn2)CC1. The minimum Gasteiger partial charge on any atom is -0.354 e. The summed E-state index contributed by atoms with van der Waals surface area (Å²) < 4.78 is 18.4. The van der Waals surface area contributed by atoms with Crippen LogP contribution in [0.15, 0.2) is 47.1 Å². The first-order valence-electron chi connectivity index (χ1n) is 9.61. The van der Waals surface area contributed by atoms with Crippen LogP contribution in [0.1, 0.15) is 25.2 Å². The Morgan fingerprint density at radius 1 is 1.04 bits per heavy atom. The highest BCUT2D eigenvalue weighted by Crippen LogP contribution is 2.21. The second kappa shape index (κ2) is 8.06. The van der Waals surface area contributed by atoms with Crippen LogP contribution in [0.4, 0.5) is 10.2 Å². The fourth-order valence-electron chi connectivity index (χ4n) is 3.39. The standard InChI is InChI=1S/C21H24FN5O/c1-15(2)26-9-11-27(12-10-26)20-8-5-17(14-23-20)21-24-19(25-28-21)13-16-3-6-18(22)7-4-16/h3-8,14-15H,9-13H2,1-2H3. The summed E-state index contributed by atoms with van der Waals surface area (Å²) in [6.45, 7) is 8.53. The molecule has 0 radical (unpaired) electrons. The number of anilines is 1. The molecular formula is C21H24FN5O. The first kappa shape index (κ1) is 18.6. The first-order chi connectivity index (χ1) is 13.6. The van der Waals surface area contributed by atoms with Gasteiger partial charge in [0, 0.05) is 44.8 Å². The maximum atomic E-state index is 13.0. The van der Waals surface area contributed by atoms with E-state index in [0.29, 0.717) is 24.2 Å². The molecule has 2 aromatic heterocycles. The molecule has 1 saturated heterocycles. The van der Waals surface area contributed by atoms with E-state index in [2.05, 4.69) is 38.8 Å². The summed E-state index contributed by atoms with van der Waals surface area (Å²) in [5, 5.41) is 4.02. The van der Waals surface area contributed by atoms with Gasteiger partial charge in [0.25, 0.3) is 5.89 Å². The van der Waals surface area contributed by atoms with Crippen molar-refractivity contribution in [1.29, 1.82) is 0 Å². The highest BCUT2D eigenvalue weighted by Gasteiger charge is 2.20. The van der Waals surface area contributed by atoms with Gasteiger partial charge in [-0.1, -0.05) is 17.3 Å². The molecule has 0 aliphatic carbocycles. The van der Waals surface area contributed by atoms with Crippen molar-refractivity contribution in [3.63, 3.8) is 0 Å². The third kappa shape index (κ3) is 4.20. The Morgan fingerprint density at radius 3 is 2.43 bits per heavy atom. The molecule has 4 rings (SSSR count). The third-order valence-corrected chi connectivity index (χ3v) is 5.11. The molecule has 0 unspecified atom stereocenters. The lowest BCUT2D eigenvalue weighted by Gasteiger charge is -2.37. The summed E-state index contributed by atoms with van der Waals surface area (Å²) in [4.78, 5) is 13.8. The number of nitrogens with zero attached hydrogens (tertiary/aromatic N) is 5. The lowest BCUT2D eigenvalue weighted by molar-refractivity contribution is 0.209. The van der Waals surface area contributed by atoms with Crippen molar-refractivity contribution < 1.29 is 8.91 Å². The van der Waals surface area contributed by atoms with Gasteiger partial charge in [-0.05, 0) is 43.7 Å². The summed E-state index contributed by atoms with van der Waals surface area (Å²) in [7, 11) is 0. The van der Waals surface area contributed by atoms with E-state index in [0.717, 1.165) is 43.1 Å². The molecule has 3 heterocycles. The minimum atomic E-state index is -0.255. The monoisotopic (exact) mass is 381 g/mol. The average molecular weight is 381 g/mol. The molecule has 1 aliphatic heterocycles. The van der Waals surface area contributed by atoms with Gasteiger partial charge in [0.05, 0.1) is 5.56 Å². The molecule has 0 atom stereocenters. The maximum absolute atomic E-state index is 13.0. The van der Waals surface area contributed by atoms with E-state index in [9.17, 15) is 4.39 Å².